The molecule has 0 aromatic carbocycles. The van der Waals surface area contributed by atoms with E-state index in [0.29, 0.717) is 18.9 Å². The predicted octanol–water partition coefficient (Wildman–Crippen LogP) is 1.28. The first-order valence-electron chi connectivity index (χ1n) is 8.43. The average Bonchev–Trinajstić information content (AvgIpc) is 2.96. The molecule has 1 saturated heterocycles. The van der Waals surface area contributed by atoms with Gasteiger partial charge in [0.05, 0.1) is 0 Å². The number of nitrogens with one attached hydrogen (secondary N) is 2. The topological polar surface area (TPSA) is 61.4 Å². The lowest BCUT2D eigenvalue weighted by atomic mass is 9.88. The molecule has 2 amide bonds. The molecule has 2 N–H and O–H groups in total. The van der Waals surface area contributed by atoms with Crippen LogP contribution in [-0.4, -0.2) is 49.4 Å². The molecule has 5 heteroatoms. The summed E-state index contributed by atoms with van der Waals surface area (Å²) in [6.45, 7) is 2.37. The second kappa shape index (κ2) is 8.37. The zero-order chi connectivity index (χ0) is 15.1. The smallest absolute Gasteiger partial charge is 0.225 e. The Bertz CT molecular complexity index is 353. The minimum absolute atomic E-state index is 0.113. The SMILES string of the molecule is CNCCCC(=O)NC1CCN(C(=O)C2CCCCC2)C1. The number of nitrogens with zero attached hydrogens (tertiary/aromatic N) is 1. The lowest BCUT2D eigenvalue weighted by molar-refractivity contribution is -0.135. The number of rotatable bonds is 6. The highest BCUT2D eigenvalue weighted by molar-refractivity contribution is 5.80. The van der Waals surface area contributed by atoms with Gasteiger partial charge in [0.1, 0.15) is 0 Å². The zero-order valence-corrected chi connectivity index (χ0v) is 13.2. The molecule has 0 spiro atoms. The van der Waals surface area contributed by atoms with E-state index in [9.17, 15) is 9.59 Å². The van der Waals surface area contributed by atoms with Crippen LogP contribution in [0.3, 0.4) is 0 Å². The van der Waals surface area contributed by atoms with Crippen LogP contribution < -0.4 is 10.6 Å². The Morgan fingerprint density at radius 2 is 1.90 bits per heavy atom. The summed E-state index contributed by atoms with van der Waals surface area (Å²) in [7, 11) is 1.89. The van der Waals surface area contributed by atoms with Gasteiger partial charge in [-0.15, -0.1) is 0 Å². The Balaban J connectivity index is 1.70. The Hall–Kier alpha value is -1.10. The van der Waals surface area contributed by atoms with Crippen molar-refractivity contribution in [1.29, 1.82) is 0 Å². The summed E-state index contributed by atoms with van der Waals surface area (Å²) in [6, 6.07) is 0.152. The molecule has 2 fully saturated rings. The third-order valence-electron chi connectivity index (χ3n) is 4.65. The fraction of sp³-hybridized carbons (Fsp3) is 0.875. The lowest BCUT2D eigenvalue weighted by Crippen LogP contribution is -2.40. The van der Waals surface area contributed by atoms with Crippen molar-refractivity contribution in [2.45, 2.75) is 57.4 Å². The maximum absolute atomic E-state index is 12.4. The van der Waals surface area contributed by atoms with E-state index in [0.717, 1.165) is 38.8 Å². The number of likely N-dealkylation sites (tertiary alicyclic amines) is 1. The maximum Gasteiger partial charge on any atom is 0.225 e. The highest BCUT2D eigenvalue weighted by Gasteiger charge is 2.31. The fourth-order valence-electron chi connectivity index (χ4n) is 3.41. The summed E-state index contributed by atoms with van der Waals surface area (Å²) in [4.78, 5) is 26.2. The standard InChI is InChI=1S/C16H29N3O2/c1-17-10-5-8-15(20)18-14-9-11-19(12-14)16(21)13-6-3-2-4-7-13/h13-14,17H,2-12H2,1H3,(H,18,20). The van der Waals surface area contributed by atoms with Crippen molar-refractivity contribution in [1.82, 2.24) is 15.5 Å². The number of carbonyl (C=O) groups is 2. The van der Waals surface area contributed by atoms with Gasteiger partial charge in [0.25, 0.3) is 0 Å². The largest absolute Gasteiger partial charge is 0.352 e. The average molecular weight is 295 g/mol. The first kappa shape index (κ1) is 16.3. The van der Waals surface area contributed by atoms with E-state index < -0.39 is 0 Å². The van der Waals surface area contributed by atoms with Crippen LogP contribution in [0.15, 0.2) is 0 Å². The normalized spacial score (nSPS) is 23.3. The van der Waals surface area contributed by atoms with Crippen molar-refractivity contribution in [2.24, 2.45) is 5.92 Å². The molecule has 1 aliphatic carbocycles. The first-order valence-corrected chi connectivity index (χ1v) is 8.43. The molecule has 0 aromatic rings. The van der Waals surface area contributed by atoms with Gasteiger partial charge in [0.15, 0.2) is 0 Å². The lowest BCUT2D eigenvalue weighted by Gasteiger charge is -2.26. The summed E-state index contributed by atoms with van der Waals surface area (Å²) >= 11 is 0. The number of hydrogen-bond donors (Lipinski definition) is 2. The monoisotopic (exact) mass is 295 g/mol. The van der Waals surface area contributed by atoms with Crippen LogP contribution >= 0.6 is 0 Å². The third kappa shape index (κ3) is 4.99. The van der Waals surface area contributed by atoms with Gasteiger partial charge in [-0.3, -0.25) is 9.59 Å². The van der Waals surface area contributed by atoms with E-state index in [1.54, 1.807) is 0 Å². The van der Waals surface area contributed by atoms with Crippen molar-refractivity contribution >= 4 is 11.8 Å². The number of carbonyl (C=O) groups excluding carboxylic acids is 2. The zero-order valence-electron chi connectivity index (χ0n) is 13.2. The highest BCUT2D eigenvalue weighted by Crippen LogP contribution is 2.26. The molecule has 1 saturated carbocycles. The molecule has 1 atom stereocenters. The molecule has 5 nitrogen and oxygen atoms in total. The number of hydrogen-bond acceptors (Lipinski definition) is 3. The predicted molar refractivity (Wildman–Crippen MR) is 82.9 cm³/mol. The molecule has 2 aliphatic rings. The molecular weight excluding hydrogens is 266 g/mol. The third-order valence-corrected chi connectivity index (χ3v) is 4.65. The first-order chi connectivity index (χ1) is 10.2. The second-order valence-corrected chi connectivity index (χ2v) is 6.38. The van der Waals surface area contributed by atoms with E-state index in [1.807, 2.05) is 11.9 Å². The molecule has 21 heavy (non-hydrogen) atoms. The van der Waals surface area contributed by atoms with Gasteiger partial charge >= 0.3 is 0 Å². The summed E-state index contributed by atoms with van der Waals surface area (Å²) < 4.78 is 0. The van der Waals surface area contributed by atoms with E-state index in [4.69, 9.17) is 0 Å². The molecule has 2 rings (SSSR count). The molecule has 1 unspecified atom stereocenters. The quantitative estimate of drug-likeness (QED) is 0.726. The summed E-state index contributed by atoms with van der Waals surface area (Å²) in [6.07, 6.45) is 8.08. The van der Waals surface area contributed by atoms with E-state index in [1.165, 1.54) is 19.3 Å². The minimum atomic E-state index is 0.113. The maximum atomic E-state index is 12.4. The van der Waals surface area contributed by atoms with Crippen molar-refractivity contribution in [3.8, 4) is 0 Å². The van der Waals surface area contributed by atoms with Crippen LogP contribution in [0.5, 0.6) is 0 Å². The van der Waals surface area contributed by atoms with Crippen LogP contribution in [-0.2, 0) is 9.59 Å². The van der Waals surface area contributed by atoms with Gasteiger partial charge in [0, 0.05) is 31.5 Å². The van der Waals surface area contributed by atoms with Gasteiger partial charge in [0.2, 0.25) is 11.8 Å². The molecule has 0 bridgehead atoms. The fourth-order valence-corrected chi connectivity index (χ4v) is 3.41. The van der Waals surface area contributed by atoms with Gasteiger partial charge in [-0.25, -0.2) is 0 Å². The van der Waals surface area contributed by atoms with Crippen LogP contribution in [0, 0.1) is 5.92 Å². The van der Waals surface area contributed by atoms with Gasteiger partial charge in [-0.1, -0.05) is 19.3 Å². The summed E-state index contributed by atoms with van der Waals surface area (Å²) in [5.41, 5.74) is 0. The van der Waals surface area contributed by atoms with Crippen LogP contribution in [0.25, 0.3) is 0 Å². The van der Waals surface area contributed by atoms with Gasteiger partial charge in [-0.2, -0.15) is 0 Å². The summed E-state index contributed by atoms with van der Waals surface area (Å²) in [5, 5.41) is 6.11. The van der Waals surface area contributed by atoms with Gasteiger partial charge < -0.3 is 15.5 Å². The van der Waals surface area contributed by atoms with Gasteiger partial charge in [-0.05, 0) is 39.3 Å². The van der Waals surface area contributed by atoms with Crippen molar-refractivity contribution < 1.29 is 9.59 Å². The van der Waals surface area contributed by atoms with Crippen molar-refractivity contribution in [2.75, 3.05) is 26.7 Å². The molecular formula is C16H29N3O2. The Morgan fingerprint density at radius 3 is 2.62 bits per heavy atom. The van der Waals surface area contributed by atoms with E-state index in [-0.39, 0.29) is 17.9 Å². The van der Waals surface area contributed by atoms with Crippen LogP contribution in [0.2, 0.25) is 0 Å². The Morgan fingerprint density at radius 1 is 1.14 bits per heavy atom. The minimum Gasteiger partial charge on any atom is -0.352 e. The van der Waals surface area contributed by atoms with Crippen LogP contribution in [0.4, 0.5) is 0 Å². The van der Waals surface area contributed by atoms with Crippen molar-refractivity contribution in [3.05, 3.63) is 0 Å². The molecule has 1 heterocycles. The summed E-state index contributed by atoms with van der Waals surface area (Å²) in [5.74, 6) is 0.674. The van der Waals surface area contributed by atoms with E-state index >= 15 is 0 Å². The van der Waals surface area contributed by atoms with Crippen LogP contribution in [0.1, 0.15) is 51.4 Å². The van der Waals surface area contributed by atoms with Crippen molar-refractivity contribution in [3.63, 3.8) is 0 Å². The molecule has 0 aromatic heterocycles. The number of amides is 2. The highest BCUT2D eigenvalue weighted by atomic mass is 16.2. The molecule has 0 radical (unpaired) electrons. The van der Waals surface area contributed by atoms with E-state index in [2.05, 4.69) is 10.6 Å². The Labute approximate surface area is 127 Å². The second-order valence-electron chi connectivity index (χ2n) is 6.38. The Kier molecular flexibility index (Phi) is 6.49. The molecule has 1 aliphatic heterocycles. The molecule has 120 valence electrons.